The predicted molar refractivity (Wildman–Crippen MR) is 126 cm³/mol. The highest BCUT2D eigenvalue weighted by Crippen LogP contribution is 2.23. The molecular weight excluding hydrogens is 470 g/mol. The lowest BCUT2D eigenvalue weighted by Crippen LogP contribution is -2.41. The van der Waals surface area contributed by atoms with Crippen molar-refractivity contribution in [3.05, 3.63) is 60.0 Å². The van der Waals surface area contributed by atoms with Crippen LogP contribution in [0.5, 0.6) is 0 Å². The average Bonchev–Trinajstić information content (AvgIpc) is 3.30. The summed E-state index contributed by atoms with van der Waals surface area (Å²) in [4.78, 5) is 55.3. The van der Waals surface area contributed by atoms with Gasteiger partial charge in [-0.15, -0.1) is 0 Å². The van der Waals surface area contributed by atoms with E-state index < -0.39 is 17.0 Å². The number of aromatic nitrogens is 4. The number of Topliss-reactive ketones (excluding diaryl/α,β-unsaturated/α-hetero) is 1. The molecule has 3 aromatic rings. The quantitative estimate of drug-likeness (QED) is 0.309. The Kier molecular flexibility index (Phi) is 6.46. The molecule has 3 heterocycles. The Morgan fingerprint density at radius 2 is 2.00 bits per heavy atom. The summed E-state index contributed by atoms with van der Waals surface area (Å²) in [6.45, 7) is 0.928. The van der Waals surface area contributed by atoms with Crippen LogP contribution in [0.25, 0.3) is 10.9 Å². The van der Waals surface area contributed by atoms with Gasteiger partial charge in [0.15, 0.2) is 10.9 Å². The fourth-order valence-corrected chi connectivity index (χ4v) is 4.81. The van der Waals surface area contributed by atoms with Crippen LogP contribution < -0.4 is 22.5 Å². The first-order valence-electron chi connectivity index (χ1n) is 10.2. The molecule has 0 amide bonds. The van der Waals surface area contributed by atoms with E-state index in [1.165, 1.54) is 18.7 Å². The van der Waals surface area contributed by atoms with Gasteiger partial charge in [-0.3, -0.25) is 28.1 Å². The molecule has 1 fully saturated rings. The third-order valence-corrected chi connectivity index (χ3v) is 6.83. The lowest BCUT2D eigenvalue weighted by atomic mass is 10.2. The molecule has 0 unspecified atom stereocenters. The Balaban J connectivity index is 1.72. The standard InChI is InChI=1S/C21H22ClN5O5S/c1-25-17(23)16(19(30)26(2)21(25)31)15(28)10-33-20-24-14-8-11(22)5-6-13(14)18(29)27(20)9-12-4-3-7-32-12/h5-6,8,12H,3-4,7,9-10,23H2,1-2H3/t12-/m0/s1. The molecule has 1 aromatic carbocycles. The van der Waals surface area contributed by atoms with E-state index in [-0.39, 0.29) is 28.8 Å². The van der Waals surface area contributed by atoms with Gasteiger partial charge in [-0.25, -0.2) is 9.78 Å². The van der Waals surface area contributed by atoms with Gasteiger partial charge in [0.05, 0.1) is 29.3 Å². The maximum atomic E-state index is 13.2. The van der Waals surface area contributed by atoms with Gasteiger partial charge >= 0.3 is 5.69 Å². The first kappa shape index (κ1) is 23.3. The Hall–Kier alpha value is -2.89. The second-order valence-corrected chi connectivity index (χ2v) is 9.16. The van der Waals surface area contributed by atoms with Crippen molar-refractivity contribution < 1.29 is 9.53 Å². The SMILES string of the molecule is Cn1c(N)c(C(=O)CSc2nc3cc(Cl)ccc3c(=O)n2C[C@@H]2CCCO2)c(=O)n(C)c1=O. The number of halogens is 1. The van der Waals surface area contributed by atoms with E-state index in [4.69, 9.17) is 22.1 Å². The summed E-state index contributed by atoms with van der Waals surface area (Å²) < 4.78 is 9.05. The summed E-state index contributed by atoms with van der Waals surface area (Å²) in [5.41, 5.74) is 4.37. The molecule has 0 saturated carbocycles. The highest BCUT2D eigenvalue weighted by Gasteiger charge is 2.23. The second kappa shape index (κ2) is 9.16. The fraction of sp³-hybridized carbons (Fsp3) is 0.381. The predicted octanol–water partition coefficient (Wildman–Crippen LogP) is 1.18. The molecule has 12 heteroatoms. The van der Waals surface area contributed by atoms with E-state index in [1.54, 1.807) is 18.2 Å². The number of carbonyl (C=O) groups is 1. The van der Waals surface area contributed by atoms with Crippen molar-refractivity contribution in [1.82, 2.24) is 18.7 Å². The molecule has 1 atom stereocenters. The van der Waals surface area contributed by atoms with Crippen LogP contribution in [0.4, 0.5) is 5.82 Å². The van der Waals surface area contributed by atoms with Crippen LogP contribution in [0.1, 0.15) is 23.2 Å². The first-order valence-corrected chi connectivity index (χ1v) is 11.6. The monoisotopic (exact) mass is 491 g/mol. The van der Waals surface area contributed by atoms with Crippen molar-refractivity contribution in [3.8, 4) is 0 Å². The van der Waals surface area contributed by atoms with E-state index in [9.17, 15) is 19.2 Å². The fourth-order valence-electron chi connectivity index (χ4n) is 3.76. The molecule has 0 aliphatic carbocycles. The minimum atomic E-state index is -0.767. The third kappa shape index (κ3) is 4.35. The molecule has 1 aliphatic heterocycles. The summed E-state index contributed by atoms with van der Waals surface area (Å²) in [7, 11) is 2.66. The number of benzene rings is 1. The van der Waals surface area contributed by atoms with Crippen molar-refractivity contribution in [3.63, 3.8) is 0 Å². The molecule has 1 aliphatic rings. The van der Waals surface area contributed by atoms with E-state index >= 15 is 0 Å². The van der Waals surface area contributed by atoms with Gasteiger partial charge in [-0.2, -0.15) is 0 Å². The van der Waals surface area contributed by atoms with Crippen molar-refractivity contribution in [2.45, 2.75) is 30.6 Å². The number of fused-ring (bicyclic) bond motifs is 1. The van der Waals surface area contributed by atoms with E-state index in [1.807, 2.05) is 0 Å². The summed E-state index contributed by atoms with van der Waals surface area (Å²) in [6, 6.07) is 4.83. The zero-order valence-electron chi connectivity index (χ0n) is 18.0. The molecule has 2 N–H and O–H groups in total. The van der Waals surface area contributed by atoms with Crippen LogP contribution >= 0.6 is 23.4 Å². The van der Waals surface area contributed by atoms with E-state index in [0.717, 1.165) is 33.7 Å². The molecule has 4 rings (SSSR count). The third-order valence-electron chi connectivity index (χ3n) is 5.61. The van der Waals surface area contributed by atoms with E-state index in [2.05, 4.69) is 4.98 Å². The number of nitrogen functional groups attached to an aromatic ring is 1. The number of ether oxygens (including phenoxy) is 1. The molecule has 0 radical (unpaired) electrons. The van der Waals surface area contributed by atoms with Crippen LogP contribution in [0.15, 0.2) is 37.7 Å². The largest absolute Gasteiger partial charge is 0.384 e. The zero-order chi connectivity index (χ0) is 23.9. The summed E-state index contributed by atoms with van der Waals surface area (Å²) in [5.74, 6) is -0.983. The number of thioether (sulfide) groups is 1. The number of hydrogen-bond acceptors (Lipinski definition) is 8. The van der Waals surface area contributed by atoms with Crippen LogP contribution in [0.2, 0.25) is 5.02 Å². The molecule has 2 aromatic heterocycles. The smallest absolute Gasteiger partial charge is 0.332 e. The van der Waals surface area contributed by atoms with Gasteiger partial charge in [-0.1, -0.05) is 23.4 Å². The minimum Gasteiger partial charge on any atom is -0.384 e. The molecule has 0 spiro atoms. The van der Waals surface area contributed by atoms with Crippen LogP contribution in [-0.2, 0) is 25.4 Å². The number of anilines is 1. The van der Waals surface area contributed by atoms with E-state index in [0.29, 0.717) is 34.2 Å². The molecular formula is C21H22ClN5O5S. The molecule has 33 heavy (non-hydrogen) atoms. The highest BCUT2D eigenvalue weighted by atomic mass is 35.5. The van der Waals surface area contributed by atoms with Crippen molar-refractivity contribution in [2.24, 2.45) is 14.1 Å². The molecule has 1 saturated heterocycles. The number of nitrogens with two attached hydrogens (primary N) is 1. The van der Waals surface area contributed by atoms with Crippen molar-refractivity contribution in [2.75, 3.05) is 18.1 Å². The minimum absolute atomic E-state index is 0.129. The Morgan fingerprint density at radius 1 is 1.24 bits per heavy atom. The average molecular weight is 492 g/mol. The topological polar surface area (TPSA) is 131 Å². The molecule has 174 valence electrons. The van der Waals surface area contributed by atoms with Gasteiger partial charge in [0.25, 0.3) is 11.1 Å². The maximum Gasteiger partial charge on any atom is 0.332 e. The van der Waals surface area contributed by atoms with Gasteiger partial charge in [0.2, 0.25) is 0 Å². The summed E-state index contributed by atoms with van der Waals surface area (Å²) in [5, 5.41) is 1.14. The Morgan fingerprint density at radius 3 is 2.70 bits per heavy atom. The van der Waals surface area contributed by atoms with Gasteiger partial charge < -0.3 is 10.5 Å². The second-order valence-electron chi connectivity index (χ2n) is 7.78. The zero-order valence-corrected chi connectivity index (χ0v) is 19.6. The molecule has 10 nitrogen and oxygen atoms in total. The Bertz CT molecular complexity index is 1440. The normalized spacial score (nSPS) is 15.9. The van der Waals surface area contributed by atoms with Gasteiger partial charge in [-0.05, 0) is 31.0 Å². The lowest BCUT2D eigenvalue weighted by molar-refractivity contribution is 0.0937. The number of carbonyl (C=O) groups excluding carboxylic acids is 1. The first-order chi connectivity index (χ1) is 15.7. The number of hydrogen-bond donors (Lipinski definition) is 1. The number of ketones is 1. The van der Waals surface area contributed by atoms with Gasteiger partial charge in [0.1, 0.15) is 11.4 Å². The van der Waals surface area contributed by atoms with Crippen LogP contribution in [0, 0.1) is 0 Å². The summed E-state index contributed by atoms with van der Waals surface area (Å²) >= 11 is 7.09. The Labute approximate surface area is 196 Å². The highest BCUT2D eigenvalue weighted by molar-refractivity contribution is 7.99. The maximum absolute atomic E-state index is 13.2. The van der Waals surface area contributed by atoms with Crippen LogP contribution in [0.3, 0.4) is 0 Å². The number of nitrogens with zero attached hydrogens (tertiary/aromatic N) is 4. The summed E-state index contributed by atoms with van der Waals surface area (Å²) in [6.07, 6.45) is 1.60. The molecule has 0 bridgehead atoms. The van der Waals surface area contributed by atoms with Crippen molar-refractivity contribution >= 4 is 45.9 Å². The lowest BCUT2D eigenvalue weighted by Gasteiger charge is -2.16. The van der Waals surface area contributed by atoms with Crippen LogP contribution in [-0.4, -0.2) is 42.9 Å². The van der Waals surface area contributed by atoms with Crippen molar-refractivity contribution in [1.29, 1.82) is 0 Å². The number of rotatable bonds is 6. The van der Waals surface area contributed by atoms with Gasteiger partial charge in [0, 0.05) is 25.7 Å².